The van der Waals surface area contributed by atoms with Crippen LogP contribution in [-0.4, -0.2) is 35.0 Å². The molecule has 0 aliphatic rings. The summed E-state index contributed by atoms with van der Waals surface area (Å²) in [6.07, 6.45) is 5.03. The van der Waals surface area contributed by atoms with Gasteiger partial charge >= 0.3 is 0 Å². The third-order valence-corrected chi connectivity index (χ3v) is 3.39. The van der Waals surface area contributed by atoms with Crippen molar-refractivity contribution in [2.75, 3.05) is 20.3 Å². The largest absolute Gasteiger partial charge is 0.383 e. The molecule has 5 nitrogen and oxygen atoms in total. The fourth-order valence-corrected chi connectivity index (χ4v) is 2.22. The number of nitrogens with zero attached hydrogens (tertiary/aromatic N) is 3. The van der Waals surface area contributed by atoms with E-state index in [1.54, 1.807) is 13.4 Å². The van der Waals surface area contributed by atoms with Gasteiger partial charge in [-0.2, -0.15) is 5.10 Å². The molecule has 2 rings (SSSR count). The first-order valence-electron chi connectivity index (χ1n) is 7.50. The van der Waals surface area contributed by atoms with Crippen molar-refractivity contribution in [2.45, 2.75) is 32.4 Å². The van der Waals surface area contributed by atoms with E-state index in [0.29, 0.717) is 6.61 Å². The summed E-state index contributed by atoms with van der Waals surface area (Å²) in [4.78, 5) is 4.30. The van der Waals surface area contributed by atoms with Crippen molar-refractivity contribution >= 4 is 0 Å². The van der Waals surface area contributed by atoms with Crippen LogP contribution in [0.25, 0.3) is 0 Å². The number of unbranched alkanes of at least 4 members (excludes halogenated alkanes) is 1. The lowest BCUT2D eigenvalue weighted by atomic mass is 10.1. The third kappa shape index (κ3) is 5.65. The predicted molar refractivity (Wildman–Crippen MR) is 83.0 cm³/mol. The van der Waals surface area contributed by atoms with Crippen molar-refractivity contribution in [2.24, 2.45) is 0 Å². The van der Waals surface area contributed by atoms with Gasteiger partial charge < -0.3 is 10.1 Å². The van der Waals surface area contributed by atoms with Crippen LogP contribution in [0.15, 0.2) is 36.7 Å². The Labute approximate surface area is 126 Å². The molecule has 0 bridgehead atoms. The third-order valence-electron chi connectivity index (χ3n) is 3.39. The lowest BCUT2D eigenvalue weighted by molar-refractivity contribution is 0.198. The van der Waals surface area contributed by atoms with Gasteiger partial charge in [-0.3, -0.25) is 0 Å². The summed E-state index contributed by atoms with van der Waals surface area (Å²) >= 11 is 0. The van der Waals surface area contributed by atoms with Crippen molar-refractivity contribution in [1.29, 1.82) is 0 Å². The van der Waals surface area contributed by atoms with Gasteiger partial charge in [-0.1, -0.05) is 30.3 Å². The number of methoxy groups -OCH3 is 1. The number of ether oxygens (including phenoxy) is 1. The van der Waals surface area contributed by atoms with Crippen LogP contribution in [0.3, 0.4) is 0 Å². The minimum absolute atomic E-state index is 0.714. The second-order valence-electron chi connectivity index (χ2n) is 5.01. The summed E-state index contributed by atoms with van der Waals surface area (Å²) in [5.74, 6) is 0.991. The molecule has 1 aromatic carbocycles. The average molecular weight is 288 g/mol. The molecule has 0 radical (unpaired) electrons. The highest BCUT2D eigenvalue weighted by atomic mass is 16.5. The lowest BCUT2D eigenvalue weighted by Crippen LogP contribution is -2.21. The van der Waals surface area contributed by atoms with Crippen molar-refractivity contribution < 1.29 is 4.74 Å². The maximum Gasteiger partial charge on any atom is 0.140 e. The molecule has 0 saturated carbocycles. The van der Waals surface area contributed by atoms with E-state index in [0.717, 1.165) is 38.3 Å². The van der Waals surface area contributed by atoms with Gasteiger partial charge in [-0.15, -0.1) is 0 Å². The molecule has 0 atom stereocenters. The maximum absolute atomic E-state index is 5.01. The van der Waals surface area contributed by atoms with E-state index in [4.69, 9.17) is 4.74 Å². The standard InChI is InChI=1S/C16H24N4O/c1-21-12-10-17-13-16-18-14-19-20(16)11-6-5-9-15-7-3-2-4-8-15/h2-4,7-8,14,17H,5-6,9-13H2,1H3. The Balaban J connectivity index is 1.67. The summed E-state index contributed by atoms with van der Waals surface area (Å²) in [7, 11) is 1.71. The SMILES string of the molecule is COCCNCc1ncnn1CCCCc1ccccc1. The van der Waals surface area contributed by atoms with Crippen LogP contribution in [0.4, 0.5) is 0 Å². The van der Waals surface area contributed by atoms with Gasteiger partial charge in [0.1, 0.15) is 12.2 Å². The van der Waals surface area contributed by atoms with Crippen LogP contribution in [0.5, 0.6) is 0 Å². The molecule has 1 N–H and O–H groups in total. The van der Waals surface area contributed by atoms with E-state index in [-0.39, 0.29) is 0 Å². The maximum atomic E-state index is 5.01. The number of aromatic nitrogens is 3. The molecule has 0 saturated heterocycles. The van der Waals surface area contributed by atoms with Gasteiger partial charge in [-0.05, 0) is 24.8 Å². The van der Waals surface area contributed by atoms with E-state index in [9.17, 15) is 0 Å². The summed E-state index contributed by atoms with van der Waals surface area (Å²) in [5.41, 5.74) is 1.40. The Kier molecular flexibility index (Phi) is 6.91. The Morgan fingerprint density at radius 2 is 2.05 bits per heavy atom. The van der Waals surface area contributed by atoms with Gasteiger partial charge in [0.05, 0.1) is 13.2 Å². The van der Waals surface area contributed by atoms with Gasteiger partial charge in [0, 0.05) is 20.2 Å². The van der Waals surface area contributed by atoms with Crippen LogP contribution in [-0.2, 0) is 24.2 Å². The molecule has 0 unspecified atom stereocenters. The quantitative estimate of drug-likeness (QED) is 0.680. The zero-order chi connectivity index (χ0) is 14.8. The fraction of sp³-hybridized carbons (Fsp3) is 0.500. The van der Waals surface area contributed by atoms with E-state index < -0.39 is 0 Å². The number of hydrogen-bond donors (Lipinski definition) is 1. The number of hydrogen-bond acceptors (Lipinski definition) is 4. The Bertz CT molecular complexity index is 498. The van der Waals surface area contributed by atoms with Gasteiger partial charge in [0.2, 0.25) is 0 Å². The lowest BCUT2D eigenvalue weighted by Gasteiger charge is -2.07. The molecule has 0 amide bonds. The fourth-order valence-electron chi connectivity index (χ4n) is 2.22. The Hall–Kier alpha value is -1.72. The molecule has 1 heterocycles. The molecule has 21 heavy (non-hydrogen) atoms. The molecule has 0 aliphatic heterocycles. The van der Waals surface area contributed by atoms with Crippen molar-refractivity contribution in [3.8, 4) is 0 Å². The van der Waals surface area contributed by atoms with E-state index in [1.165, 1.54) is 12.0 Å². The molecule has 5 heteroatoms. The van der Waals surface area contributed by atoms with Crippen molar-refractivity contribution in [3.05, 3.63) is 48.0 Å². The predicted octanol–water partition coefficient (Wildman–Crippen LogP) is 2.04. The average Bonchev–Trinajstić information content (AvgIpc) is 2.97. The van der Waals surface area contributed by atoms with Crippen LogP contribution in [0.1, 0.15) is 24.2 Å². The van der Waals surface area contributed by atoms with Crippen molar-refractivity contribution in [1.82, 2.24) is 20.1 Å². The number of benzene rings is 1. The minimum Gasteiger partial charge on any atom is -0.383 e. The zero-order valence-corrected chi connectivity index (χ0v) is 12.7. The molecule has 0 fully saturated rings. The number of rotatable bonds is 10. The molecule has 2 aromatic rings. The second kappa shape index (κ2) is 9.26. The molecular weight excluding hydrogens is 264 g/mol. The van der Waals surface area contributed by atoms with Crippen molar-refractivity contribution in [3.63, 3.8) is 0 Å². The summed E-state index contributed by atoms with van der Waals surface area (Å²) in [6, 6.07) is 10.6. The van der Waals surface area contributed by atoms with Crippen LogP contribution in [0, 0.1) is 0 Å². The number of aryl methyl sites for hydroxylation is 2. The highest BCUT2D eigenvalue weighted by molar-refractivity contribution is 5.14. The van der Waals surface area contributed by atoms with Gasteiger partial charge in [0.15, 0.2) is 0 Å². The molecular formula is C16H24N4O. The number of nitrogens with one attached hydrogen (secondary N) is 1. The summed E-state index contributed by atoms with van der Waals surface area (Å²) in [5, 5.41) is 7.59. The first-order chi connectivity index (χ1) is 10.4. The first-order valence-corrected chi connectivity index (χ1v) is 7.50. The van der Waals surface area contributed by atoms with E-state index in [1.807, 2.05) is 4.68 Å². The molecule has 114 valence electrons. The van der Waals surface area contributed by atoms with Crippen LogP contribution in [0.2, 0.25) is 0 Å². The minimum atomic E-state index is 0.714. The topological polar surface area (TPSA) is 52.0 Å². The summed E-state index contributed by atoms with van der Waals surface area (Å²) in [6.45, 7) is 3.21. The van der Waals surface area contributed by atoms with Crippen LogP contribution < -0.4 is 5.32 Å². The van der Waals surface area contributed by atoms with E-state index >= 15 is 0 Å². The zero-order valence-electron chi connectivity index (χ0n) is 12.7. The monoisotopic (exact) mass is 288 g/mol. The summed E-state index contributed by atoms with van der Waals surface area (Å²) < 4.78 is 7.00. The van der Waals surface area contributed by atoms with E-state index in [2.05, 4.69) is 45.7 Å². The van der Waals surface area contributed by atoms with Gasteiger partial charge in [0.25, 0.3) is 0 Å². The highest BCUT2D eigenvalue weighted by Gasteiger charge is 2.03. The molecule has 0 aliphatic carbocycles. The molecule has 1 aromatic heterocycles. The smallest absolute Gasteiger partial charge is 0.140 e. The Morgan fingerprint density at radius 1 is 1.19 bits per heavy atom. The second-order valence-corrected chi connectivity index (χ2v) is 5.01. The molecule has 0 spiro atoms. The highest BCUT2D eigenvalue weighted by Crippen LogP contribution is 2.06. The normalized spacial score (nSPS) is 10.9. The van der Waals surface area contributed by atoms with Gasteiger partial charge in [-0.25, -0.2) is 9.67 Å². The Morgan fingerprint density at radius 3 is 2.86 bits per heavy atom. The first kappa shape index (κ1) is 15.7. The van der Waals surface area contributed by atoms with Crippen LogP contribution >= 0.6 is 0 Å².